The van der Waals surface area contributed by atoms with Gasteiger partial charge in [-0.2, -0.15) is 0 Å². The zero-order chi connectivity index (χ0) is 14.5. The van der Waals surface area contributed by atoms with E-state index in [0.29, 0.717) is 26.3 Å². The number of pyridine rings is 1. The number of halogens is 1. The smallest absolute Gasteiger partial charge is 0.270 e. The Balaban J connectivity index is 1.92. The third-order valence-electron chi connectivity index (χ3n) is 3.00. The molecular formula is C13H16BrN3O3. The summed E-state index contributed by atoms with van der Waals surface area (Å²) in [4.78, 5) is 29.8. The van der Waals surface area contributed by atoms with Gasteiger partial charge in [0, 0.05) is 23.8 Å². The highest BCUT2D eigenvalue weighted by Gasteiger charge is 2.24. The van der Waals surface area contributed by atoms with Crippen molar-refractivity contribution in [3.8, 4) is 0 Å². The van der Waals surface area contributed by atoms with E-state index in [1.54, 1.807) is 30.2 Å². The van der Waals surface area contributed by atoms with Gasteiger partial charge in [-0.1, -0.05) is 0 Å². The van der Waals surface area contributed by atoms with Crippen molar-refractivity contribution >= 4 is 27.7 Å². The van der Waals surface area contributed by atoms with Crippen LogP contribution in [0.3, 0.4) is 0 Å². The van der Waals surface area contributed by atoms with E-state index in [1.165, 1.54) is 0 Å². The molecule has 2 heterocycles. The number of aromatic nitrogens is 1. The van der Waals surface area contributed by atoms with Crippen LogP contribution in [0, 0.1) is 0 Å². The number of nitrogens with one attached hydrogen (secondary N) is 1. The summed E-state index contributed by atoms with van der Waals surface area (Å²) in [6.45, 7) is 3.89. The Kier molecular flexibility index (Phi) is 5.08. The van der Waals surface area contributed by atoms with Gasteiger partial charge in [0.1, 0.15) is 11.7 Å². The minimum absolute atomic E-state index is 0.0984. The molecule has 0 aromatic carbocycles. The number of carbonyl (C=O) groups is 2. The predicted octanol–water partition coefficient (Wildman–Crippen LogP) is 0.821. The van der Waals surface area contributed by atoms with Crippen LogP contribution < -0.4 is 5.32 Å². The molecule has 1 fully saturated rings. The number of rotatable bonds is 3. The standard InChI is InChI=1S/C13H16BrN3O3/c1-9(13(19)17-4-6-20-7-5-17)16-12(18)11-3-2-10(14)8-15-11/h2-3,8-9H,4-7H2,1H3,(H,16,18). The molecule has 0 aliphatic carbocycles. The fourth-order valence-corrected chi connectivity index (χ4v) is 2.13. The number of nitrogens with zero attached hydrogens (tertiary/aromatic N) is 2. The first-order valence-corrected chi connectivity index (χ1v) is 7.16. The third kappa shape index (κ3) is 3.77. The van der Waals surface area contributed by atoms with Gasteiger partial charge in [-0.25, -0.2) is 4.98 Å². The van der Waals surface area contributed by atoms with Crippen molar-refractivity contribution in [2.24, 2.45) is 0 Å². The maximum Gasteiger partial charge on any atom is 0.270 e. The molecule has 0 spiro atoms. The maximum absolute atomic E-state index is 12.1. The summed E-state index contributed by atoms with van der Waals surface area (Å²) < 4.78 is 5.99. The largest absolute Gasteiger partial charge is 0.378 e. The van der Waals surface area contributed by atoms with Crippen molar-refractivity contribution in [1.29, 1.82) is 0 Å². The molecular weight excluding hydrogens is 326 g/mol. The van der Waals surface area contributed by atoms with Gasteiger partial charge in [-0.3, -0.25) is 9.59 Å². The molecule has 1 N–H and O–H groups in total. The van der Waals surface area contributed by atoms with Gasteiger partial charge < -0.3 is 15.0 Å². The van der Waals surface area contributed by atoms with Gasteiger partial charge in [-0.15, -0.1) is 0 Å². The lowest BCUT2D eigenvalue weighted by Gasteiger charge is -2.29. The second kappa shape index (κ2) is 6.81. The number of morpholine rings is 1. The van der Waals surface area contributed by atoms with E-state index in [2.05, 4.69) is 26.2 Å². The molecule has 2 amide bonds. The third-order valence-corrected chi connectivity index (χ3v) is 3.47. The summed E-state index contributed by atoms with van der Waals surface area (Å²) in [7, 11) is 0. The SMILES string of the molecule is CC(NC(=O)c1ccc(Br)cn1)C(=O)N1CCOCC1. The lowest BCUT2D eigenvalue weighted by atomic mass is 10.2. The fourth-order valence-electron chi connectivity index (χ4n) is 1.90. The molecule has 0 bridgehead atoms. The molecule has 1 aliphatic rings. The van der Waals surface area contributed by atoms with Crippen molar-refractivity contribution in [3.63, 3.8) is 0 Å². The van der Waals surface area contributed by atoms with E-state index in [1.807, 2.05) is 0 Å². The topological polar surface area (TPSA) is 71.5 Å². The van der Waals surface area contributed by atoms with Crippen molar-refractivity contribution < 1.29 is 14.3 Å². The second-order valence-corrected chi connectivity index (χ2v) is 5.41. The van der Waals surface area contributed by atoms with Crippen LogP contribution in [0.2, 0.25) is 0 Å². The van der Waals surface area contributed by atoms with Crippen LogP contribution in [0.15, 0.2) is 22.8 Å². The van der Waals surface area contributed by atoms with E-state index in [-0.39, 0.29) is 17.5 Å². The molecule has 2 rings (SSSR count). The quantitative estimate of drug-likeness (QED) is 0.883. The van der Waals surface area contributed by atoms with Gasteiger partial charge >= 0.3 is 0 Å². The highest BCUT2D eigenvalue weighted by Crippen LogP contribution is 2.08. The van der Waals surface area contributed by atoms with Crippen molar-refractivity contribution in [1.82, 2.24) is 15.2 Å². The van der Waals surface area contributed by atoms with Crippen LogP contribution in [0.25, 0.3) is 0 Å². The summed E-state index contributed by atoms with van der Waals surface area (Å²) in [5.74, 6) is -0.453. The highest BCUT2D eigenvalue weighted by molar-refractivity contribution is 9.10. The molecule has 0 saturated carbocycles. The van der Waals surface area contributed by atoms with Crippen molar-refractivity contribution in [3.05, 3.63) is 28.5 Å². The van der Waals surface area contributed by atoms with Crippen LogP contribution in [-0.2, 0) is 9.53 Å². The van der Waals surface area contributed by atoms with Gasteiger partial charge in [0.25, 0.3) is 5.91 Å². The molecule has 1 saturated heterocycles. The molecule has 1 aliphatic heterocycles. The average Bonchev–Trinajstić information content (AvgIpc) is 2.48. The number of ether oxygens (including phenoxy) is 1. The Bertz CT molecular complexity index is 486. The molecule has 0 radical (unpaired) electrons. The van der Waals surface area contributed by atoms with E-state index in [4.69, 9.17) is 4.74 Å². The maximum atomic E-state index is 12.1. The van der Waals surface area contributed by atoms with Crippen LogP contribution in [0.1, 0.15) is 17.4 Å². The summed E-state index contributed by atoms with van der Waals surface area (Å²) in [5.41, 5.74) is 0.287. The normalized spacial score (nSPS) is 16.6. The van der Waals surface area contributed by atoms with E-state index in [0.717, 1.165) is 4.47 Å². The highest BCUT2D eigenvalue weighted by atomic mass is 79.9. The molecule has 1 unspecified atom stereocenters. The Morgan fingerprint density at radius 2 is 2.10 bits per heavy atom. The van der Waals surface area contributed by atoms with Gasteiger partial charge in [-0.05, 0) is 35.0 Å². The van der Waals surface area contributed by atoms with Crippen LogP contribution in [-0.4, -0.2) is 54.0 Å². The van der Waals surface area contributed by atoms with Gasteiger partial charge in [0.05, 0.1) is 13.2 Å². The summed E-state index contributed by atoms with van der Waals surface area (Å²) in [6, 6.07) is 2.76. The monoisotopic (exact) mass is 341 g/mol. The summed E-state index contributed by atoms with van der Waals surface area (Å²) >= 11 is 3.25. The van der Waals surface area contributed by atoms with Gasteiger partial charge in [0.2, 0.25) is 5.91 Å². The van der Waals surface area contributed by atoms with Crippen molar-refractivity contribution in [2.45, 2.75) is 13.0 Å². The summed E-state index contributed by atoms with van der Waals surface area (Å²) in [5, 5.41) is 2.66. The first kappa shape index (κ1) is 14.9. The van der Waals surface area contributed by atoms with Crippen LogP contribution in [0.5, 0.6) is 0 Å². The Morgan fingerprint density at radius 3 is 2.70 bits per heavy atom. The summed E-state index contributed by atoms with van der Waals surface area (Å²) in [6.07, 6.45) is 1.55. The molecule has 1 atom stereocenters. The van der Waals surface area contributed by atoms with Gasteiger partial charge in [0.15, 0.2) is 0 Å². The molecule has 108 valence electrons. The number of hydrogen-bond acceptors (Lipinski definition) is 4. The Labute approximate surface area is 125 Å². The fraction of sp³-hybridized carbons (Fsp3) is 0.462. The van der Waals surface area contributed by atoms with E-state index >= 15 is 0 Å². The second-order valence-electron chi connectivity index (χ2n) is 4.49. The average molecular weight is 342 g/mol. The molecule has 7 heteroatoms. The van der Waals surface area contributed by atoms with Crippen LogP contribution in [0.4, 0.5) is 0 Å². The molecule has 20 heavy (non-hydrogen) atoms. The minimum Gasteiger partial charge on any atom is -0.378 e. The molecule has 6 nitrogen and oxygen atoms in total. The molecule has 1 aromatic rings. The Hall–Kier alpha value is -1.47. The minimum atomic E-state index is -0.578. The number of carbonyl (C=O) groups excluding carboxylic acids is 2. The number of amides is 2. The Morgan fingerprint density at radius 1 is 1.40 bits per heavy atom. The predicted molar refractivity (Wildman–Crippen MR) is 76.3 cm³/mol. The first-order valence-electron chi connectivity index (χ1n) is 6.37. The van der Waals surface area contributed by atoms with E-state index < -0.39 is 6.04 Å². The van der Waals surface area contributed by atoms with E-state index in [9.17, 15) is 9.59 Å². The zero-order valence-electron chi connectivity index (χ0n) is 11.1. The first-order chi connectivity index (χ1) is 9.58. The lowest BCUT2D eigenvalue weighted by Crippen LogP contribution is -2.50. The molecule has 1 aromatic heterocycles. The van der Waals surface area contributed by atoms with Crippen molar-refractivity contribution in [2.75, 3.05) is 26.3 Å². The lowest BCUT2D eigenvalue weighted by molar-refractivity contribution is -0.136. The van der Waals surface area contributed by atoms with Crippen LogP contribution >= 0.6 is 15.9 Å². The number of hydrogen-bond donors (Lipinski definition) is 1. The zero-order valence-corrected chi connectivity index (χ0v) is 12.7.